The lowest BCUT2D eigenvalue weighted by molar-refractivity contribution is -0.347. The topological polar surface area (TPSA) is 26.0 Å². The molecule has 0 fully saturated rings. The van der Waals surface area contributed by atoms with Crippen molar-refractivity contribution in [1.82, 2.24) is 0 Å². The van der Waals surface area contributed by atoms with Crippen LogP contribution in [0.15, 0.2) is 108 Å². The van der Waals surface area contributed by atoms with Crippen LogP contribution in [0.25, 0.3) is 5.57 Å². The Morgan fingerprint density at radius 2 is 1.34 bits per heavy atom. The fraction of sp³-hybridized carbons (Fsp3) is 0.115. The van der Waals surface area contributed by atoms with Gasteiger partial charge in [0.05, 0.1) is 0 Å². The number of allylic oxidation sites excluding steroid dienone is 3. The molecule has 0 amide bonds. The zero-order chi connectivity index (χ0) is 19.0. The number of nitrogens with one attached hydrogen (secondary N) is 2. The molecule has 2 N–H and O–H groups in total. The highest BCUT2D eigenvalue weighted by atomic mass is 35.5. The predicted molar refractivity (Wildman–Crippen MR) is 118 cm³/mol. The van der Waals surface area contributed by atoms with E-state index in [4.69, 9.17) is 0 Å². The van der Waals surface area contributed by atoms with E-state index in [9.17, 15) is 0 Å². The summed E-state index contributed by atoms with van der Waals surface area (Å²) in [6.45, 7) is 0. The van der Waals surface area contributed by atoms with Crippen LogP contribution in [0.2, 0.25) is 0 Å². The molecule has 146 valence electrons. The first-order valence-corrected chi connectivity index (χ1v) is 9.84. The van der Waals surface area contributed by atoms with Gasteiger partial charge in [-0.1, -0.05) is 66.7 Å². The number of hydrogen-bond acceptors (Lipinski definition) is 1. The summed E-state index contributed by atoms with van der Waals surface area (Å²) in [6, 6.07) is 31.4. The fourth-order valence-electron chi connectivity index (χ4n) is 3.60. The summed E-state index contributed by atoms with van der Waals surface area (Å²) in [5.74, 6) is 0. The lowest BCUT2D eigenvalue weighted by atomic mass is 9.84. The number of halogens is 1. The molecule has 1 aliphatic rings. The Labute approximate surface area is 179 Å². The van der Waals surface area contributed by atoms with Crippen molar-refractivity contribution in [2.45, 2.75) is 19.3 Å². The summed E-state index contributed by atoms with van der Waals surface area (Å²) in [5.41, 5.74) is 7.52. The van der Waals surface area contributed by atoms with E-state index in [-0.39, 0.29) is 12.4 Å². The fourth-order valence-corrected chi connectivity index (χ4v) is 3.60. The minimum absolute atomic E-state index is 0. The molecule has 0 spiro atoms. The molecule has 3 heteroatoms. The number of hydrogen-bond donors (Lipinski definition) is 2. The predicted octanol–water partition coefficient (Wildman–Crippen LogP) is 2.11. The normalized spacial score (nSPS) is 15.4. The van der Waals surface area contributed by atoms with E-state index in [2.05, 4.69) is 102 Å². The summed E-state index contributed by atoms with van der Waals surface area (Å²) in [6.07, 6.45) is 7.65. The highest BCUT2D eigenvalue weighted by Crippen LogP contribution is 2.35. The van der Waals surface area contributed by atoms with E-state index >= 15 is 0 Å². The Balaban J connectivity index is 0.00000240. The highest BCUT2D eigenvalue weighted by molar-refractivity contribution is 5.95. The average Bonchev–Trinajstić information content (AvgIpc) is 2.78. The molecule has 0 heterocycles. The molecule has 2 nitrogen and oxygen atoms in total. The number of para-hydroxylation sites is 2. The molecule has 0 bridgehead atoms. The van der Waals surface area contributed by atoms with Crippen molar-refractivity contribution < 1.29 is 17.4 Å². The third-order valence-corrected chi connectivity index (χ3v) is 4.97. The van der Waals surface area contributed by atoms with E-state index < -0.39 is 0 Å². The molecule has 1 aliphatic carbocycles. The van der Waals surface area contributed by atoms with Gasteiger partial charge in [0.15, 0.2) is 6.21 Å². The van der Waals surface area contributed by atoms with E-state index in [1.807, 2.05) is 12.1 Å². The van der Waals surface area contributed by atoms with Gasteiger partial charge in [0.1, 0.15) is 0 Å². The van der Waals surface area contributed by atoms with Gasteiger partial charge in [0, 0.05) is 29.6 Å². The molecule has 0 saturated heterocycles. The molecule has 0 aromatic heterocycles. The van der Waals surface area contributed by atoms with Crippen LogP contribution < -0.4 is 22.7 Å². The summed E-state index contributed by atoms with van der Waals surface area (Å²) >= 11 is 0. The van der Waals surface area contributed by atoms with Crippen LogP contribution in [0.5, 0.6) is 0 Å². The smallest absolute Gasteiger partial charge is 0.203 e. The standard InChI is InChI=1S/C26H24N2.ClH/c1-4-11-21(12-5-1)26-22(19-27-24-15-6-2-7-16-24)13-10-14-23(26)20-28-25-17-8-3-9-18-25;/h1-9,11-12,15-20,27H,10,13-14H2;1H/b22-19+,28-20?;. The maximum atomic E-state index is 3.48. The van der Waals surface area contributed by atoms with Crippen molar-refractivity contribution >= 4 is 23.2 Å². The van der Waals surface area contributed by atoms with Gasteiger partial charge < -0.3 is 17.7 Å². The summed E-state index contributed by atoms with van der Waals surface area (Å²) in [5, 5.41) is 3.48. The van der Waals surface area contributed by atoms with E-state index in [1.165, 1.54) is 22.3 Å². The molecule has 0 atom stereocenters. The van der Waals surface area contributed by atoms with E-state index in [0.717, 1.165) is 30.6 Å². The zero-order valence-electron chi connectivity index (χ0n) is 16.3. The molecule has 0 unspecified atom stereocenters. The van der Waals surface area contributed by atoms with Crippen LogP contribution in [-0.4, -0.2) is 6.21 Å². The van der Waals surface area contributed by atoms with Gasteiger partial charge in [-0.15, -0.1) is 0 Å². The van der Waals surface area contributed by atoms with Crippen molar-refractivity contribution in [3.63, 3.8) is 0 Å². The molecule has 29 heavy (non-hydrogen) atoms. The van der Waals surface area contributed by atoms with Crippen molar-refractivity contribution in [2.24, 2.45) is 0 Å². The molecule has 0 aliphatic heterocycles. The Morgan fingerprint density at radius 3 is 2.03 bits per heavy atom. The van der Waals surface area contributed by atoms with Gasteiger partial charge in [-0.25, -0.2) is 4.99 Å². The maximum Gasteiger partial charge on any atom is 0.203 e. The third-order valence-electron chi connectivity index (χ3n) is 4.97. The summed E-state index contributed by atoms with van der Waals surface area (Å²) < 4.78 is 0. The lowest BCUT2D eigenvalue weighted by Crippen LogP contribution is -3.00. The monoisotopic (exact) mass is 400 g/mol. The zero-order valence-corrected chi connectivity index (χ0v) is 17.1. The molecular weight excluding hydrogens is 376 g/mol. The van der Waals surface area contributed by atoms with Crippen LogP contribution in [0.4, 0.5) is 11.4 Å². The number of benzene rings is 3. The second kappa shape index (κ2) is 10.4. The lowest BCUT2D eigenvalue weighted by Gasteiger charge is -2.21. The second-order valence-corrected chi connectivity index (χ2v) is 6.95. The van der Waals surface area contributed by atoms with Crippen LogP contribution in [0, 0.1) is 0 Å². The Morgan fingerprint density at radius 1 is 0.724 bits per heavy atom. The van der Waals surface area contributed by atoms with Crippen LogP contribution in [0.1, 0.15) is 24.8 Å². The van der Waals surface area contributed by atoms with Gasteiger partial charge >= 0.3 is 0 Å². The Hall–Kier alpha value is -3.10. The van der Waals surface area contributed by atoms with Gasteiger partial charge in [-0.05, 0) is 48.1 Å². The van der Waals surface area contributed by atoms with Crippen LogP contribution in [0.3, 0.4) is 0 Å². The Kier molecular flexibility index (Phi) is 7.43. The van der Waals surface area contributed by atoms with E-state index in [1.54, 1.807) is 0 Å². The first-order valence-electron chi connectivity index (χ1n) is 9.84. The number of anilines is 1. The Bertz CT molecular complexity index is 991. The van der Waals surface area contributed by atoms with Crippen molar-refractivity contribution in [3.8, 4) is 0 Å². The molecule has 4 rings (SSSR count). The third kappa shape index (κ3) is 5.46. The van der Waals surface area contributed by atoms with Crippen LogP contribution in [-0.2, 0) is 0 Å². The van der Waals surface area contributed by atoms with Crippen LogP contribution >= 0.6 is 0 Å². The first kappa shape index (κ1) is 20.6. The molecule has 3 aromatic carbocycles. The molecular formula is C26H25ClN2. The maximum absolute atomic E-state index is 3.48. The SMILES string of the molecule is C(=[NH+]c1ccccc1)C1=C(c2ccccc2)/C(=C/Nc2ccccc2)CCC1.[Cl-]. The van der Waals surface area contributed by atoms with Gasteiger partial charge in [-0.2, -0.15) is 0 Å². The highest BCUT2D eigenvalue weighted by Gasteiger charge is 2.19. The van der Waals surface area contributed by atoms with Crippen molar-refractivity contribution in [3.05, 3.63) is 114 Å². The molecule has 0 saturated carbocycles. The van der Waals surface area contributed by atoms with E-state index in [0.29, 0.717) is 0 Å². The van der Waals surface area contributed by atoms with Gasteiger partial charge in [0.25, 0.3) is 0 Å². The first-order chi connectivity index (χ1) is 13.9. The number of rotatable bonds is 5. The molecule has 3 aromatic rings. The minimum Gasteiger partial charge on any atom is -1.00 e. The average molecular weight is 401 g/mol. The van der Waals surface area contributed by atoms with Gasteiger partial charge in [-0.3, -0.25) is 0 Å². The minimum atomic E-state index is 0. The summed E-state index contributed by atoms with van der Waals surface area (Å²) in [4.78, 5) is 3.48. The summed E-state index contributed by atoms with van der Waals surface area (Å²) in [7, 11) is 0. The van der Waals surface area contributed by atoms with Crippen molar-refractivity contribution in [1.29, 1.82) is 0 Å². The quantitative estimate of drug-likeness (QED) is 0.630. The van der Waals surface area contributed by atoms with Crippen molar-refractivity contribution in [2.75, 3.05) is 5.32 Å². The largest absolute Gasteiger partial charge is 1.00 e. The van der Waals surface area contributed by atoms with Gasteiger partial charge in [0.2, 0.25) is 5.69 Å². The second-order valence-electron chi connectivity index (χ2n) is 6.95. The molecule has 0 radical (unpaired) electrons.